The third-order valence-corrected chi connectivity index (χ3v) is 2.94. The van der Waals surface area contributed by atoms with Crippen molar-refractivity contribution in [3.63, 3.8) is 0 Å². The van der Waals surface area contributed by atoms with Crippen molar-refractivity contribution < 1.29 is 4.74 Å². The average molecular weight is 250 g/mol. The lowest BCUT2D eigenvalue weighted by atomic mass is 10.3. The Morgan fingerprint density at radius 1 is 1.29 bits per heavy atom. The van der Waals surface area contributed by atoms with Gasteiger partial charge in [-0.05, 0) is 0 Å². The van der Waals surface area contributed by atoms with Crippen molar-refractivity contribution in [3.8, 4) is 10.7 Å². The molecule has 2 aromatic heterocycles. The Labute approximate surface area is 104 Å². The predicted molar refractivity (Wildman–Crippen MR) is 66.7 cm³/mol. The fourth-order valence-electron chi connectivity index (χ4n) is 1.31. The third-order valence-electron chi connectivity index (χ3n) is 2.17. The van der Waals surface area contributed by atoms with E-state index in [1.165, 1.54) is 11.3 Å². The second-order valence-electron chi connectivity index (χ2n) is 3.45. The Morgan fingerprint density at radius 3 is 2.76 bits per heavy atom. The standard InChI is InChI=1S/C11H14N4OS/c1-16-3-2-12-4-9-5-14-11(15-6-9)10-7-13-8-17-10/h5-8,12H,2-4H2,1H3. The summed E-state index contributed by atoms with van der Waals surface area (Å²) in [4.78, 5) is 13.6. The van der Waals surface area contributed by atoms with Crippen LogP contribution in [-0.2, 0) is 11.3 Å². The highest BCUT2D eigenvalue weighted by Crippen LogP contribution is 2.18. The molecule has 0 aliphatic rings. The average Bonchev–Trinajstić information content (AvgIpc) is 2.89. The van der Waals surface area contributed by atoms with Gasteiger partial charge in [-0.25, -0.2) is 9.97 Å². The van der Waals surface area contributed by atoms with Gasteiger partial charge in [-0.2, -0.15) is 0 Å². The van der Waals surface area contributed by atoms with Crippen LogP contribution in [0.1, 0.15) is 5.56 Å². The van der Waals surface area contributed by atoms with Gasteiger partial charge in [0, 0.05) is 44.4 Å². The smallest absolute Gasteiger partial charge is 0.171 e. The number of hydrogen-bond acceptors (Lipinski definition) is 6. The molecule has 0 unspecified atom stereocenters. The van der Waals surface area contributed by atoms with Gasteiger partial charge in [-0.15, -0.1) is 11.3 Å². The molecule has 0 saturated carbocycles. The summed E-state index contributed by atoms with van der Waals surface area (Å²) in [6, 6.07) is 0. The van der Waals surface area contributed by atoms with E-state index >= 15 is 0 Å². The molecule has 0 radical (unpaired) electrons. The van der Waals surface area contributed by atoms with Gasteiger partial charge in [0.15, 0.2) is 5.82 Å². The molecule has 2 heterocycles. The highest BCUT2D eigenvalue weighted by atomic mass is 32.1. The summed E-state index contributed by atoms with van der Waals surface area (Å²) in [5, 5.41) is 3.24. The molecule has 5 nitrogen and oxygen atoms in total. The highest BCUT2D eigenvalue weighted by molar-refractivity contribution is 7.13. The normalized spacial score (nSPS) is 10.6. The number of hydrogen-bond donors (Lipinski definition) is 1. The zero-order valence-corrected chi connectivity index (χ0v) is 10.4. The van der Waals surface area contributed by atoms with E-state index in [0.717, 1.165) is 29.4 Å². The van der Waals surface area contributed by atoms with Gasteiger partial charge < -0.3 is 10.1 Å². The summed E-state index contributed by atoms with van der Waals surface area (Å²) >= 11 is 1.54. The fourth-order valence-corrected chi connectivity index (χ4v) is 1.87. The van der Waals surface area contributed by atoms with Crippen LogP contribution in [0.2, 0.25) is 0 Å². The molecule has 0 amide bonds. The summed E-state index contributed by atoms with van der Waals surface area (Å²) in [5.41, 5.74) is 2.84. The largest absolute Gasteiger partial charge is 0.383 e. The van der Waals surface area contributed by atoms with Crippen LogP contribution in [0.3, 0.4) is 0 Å². The lowest BCUT2D eigenvalue weighted by molar-refractivity contribution is 0.199. The SMILES string of the molecule is COCCNCc1cnc(-c2cncs2)nc1. The third kappa shape index (κ3) is 3.55. The lowest BCUT2D eigenvalue weighted by Crippen LogP contribution is -2.18. The highest BCUT2D eigenvalue weighted by Gasteiger charge is 2.02. The Balaban J connectivity index is 1.90. The Hall–Kier alpha value is -1.37. The van der Waals surface area contributed by atoms with Crippen LogP contribution < -0.4 is 5.32 Å². The monoisotopic (exact) mass is 250 g/mol. The van der Waals surface area contributed by atoms with E-state index in [-0.39, 0.29) is 0 Å². The maximum Gasteiger partial charge on any atom is 0.171 e. The van der Waals surface area contributed by atoms with Crippen molar-refractivity contribution in [2.75, 3.05) is 20.3 Å². The van der Waals surface area contributed by atoms with Crippen LogP contribution in [0.5, 0.6) is 0 Å². The van der Waals surface area contributed by atoms with Crippen molar-refractivity contribution in [1.29, 1.82) is 0 Å². The van der Waals surface area contributed by atoms with Gasteiger partial charge in [0.2, 0.25) is 0 Å². The topological polar surface area (TPSA) is 59.9 Å². The first-order valence-corrected chi connectivity index (χ1v) is 6.17. The summed E-state index contributed by atoms with van der Waals surface area (Å²) < 4.78 is 4.95. The van der Waals surface area contributed by atoms with Crippen molar-refractivity contribution in [2.24, 2.45) is 0 Å². The zero-order chi connectivity index (χ0) is 11.9. The number of thiazole rings is 1. The Kier molecular flexibility index (Phi) is 4.54. The molecular formula is C11H14N4OS. The molecule has 1 N–H and O–H groups in total. The molecule has 0 saturated heterocycles. The van der Waals surface area contributed by atoms with E-state index in [1.54, 1.807) is 18.8 Å². The van der Waals surface area contributed by atoms with Crippen molar-refractivity contribution in [2.45, 2.75) is 6.54 Å². The van der Waals surface area contributed by atoms with E-state index in [4.69, 9.17) is 4.74 Å². The van der Waals surface area contributed by atoms with Crippen LogP contribution in [0.25, 0.3) is 10.7 Å². The number of nitrogens with one attached hydrogen (secondary N) is 1. The van der Waals surface area contributed by atoms with E-state index in [2.05, 4.69) is 20.3 Å². The molecule has 90 valence electrons. The van der Waals surface area contributed by atoms with Crippen LogP contribution in [-0.4, -0.2) is 35.2 Å². The molecule has 2 aromatic rings. The van der Waals surface area contributed by atoms with Crippen LogP contribution in [0.4, 0.5) is 0 Å². The molecule has 17 heavy (non-hydrogen) atoms. The molecule has 2 rings (SSSR count). The Morgan fingerprint density at radius 2 is 2.12 bits per heavy atom. The van der Waals surface area contributed by atoms with Gasteiger partial charge in [0.1, 0.15) is 0 Å². The van der Waals surface area contributed by atoms with Gasteiger partial charge in [0.05, 0.1) is 17.0 Å². The number of nitrogens with zero attached hydrogens (tertiary/aromatic N) is 3. The summed E-state index contributed by atoms with van der Waals surface area (Å²) in [6.45, 7) is 2.29. The minimum absolute atomic E-state index is 0.708. The quantitative estimate of drug-likeness (QED) is 0.784. The first-order chi connectivity index (χ1) is 8.40. The number of aromatic nitrogens is 3. The summed E-state index contributed by atoms with van der Waals surface area (Å²) in [5.74, 6) is 0.730. The summed E-state index contributed by atoms with van der Waals surface area (Å²) in [6.07, 6.45) is 5.44. The fraction of sp³-hybridized carbons (Fsp3) is 0.364. The van der Waals surface area contributed by atoms with Crippen molar-refractivity contribution in [1.82, 2.24) is 20.3 Å². The second kappa shape index (κ2) is 6.39. The van der Waals surface area contributed by atoms with Crippen molar-refractivity contribution in [3.05, 3.63) is 29.7 Å². The molecule has 0 fully saturated rings. The van der Waals surface area contributed by atoms with E-state index in [9.17, 15) is 0 Å². The van der Waals surface area contributed by atoms with Crippen LogP contribution >= 0.6 is 11.3 Å². The molecule has 0 spiro atoms. The number of methoxy groups -OCH3 is 1. The first kappa shape index (κ1) is 12.1. The number of rotatable bonds is 6. The molecular weight excluding hydrogens is 236 g/mol. The first-order valence-electron chi connectivity index (χ1n) is 5.29. The molecule has 0 aliphatic heterocycles. The van der Waals surface area contributed by atoms with Crippen molar-refractivity contribution >= 4 is 11.3 Å². The zero-order valence-electron chi connectivity index (χ0n) is 9.59. The maximum atomic E-state index is 4.95. The molecule has 0 aliphatic carbocycles. The van der Waals surface area contributed by atoms with Crippen LogP contribution in [0.15, 0.2) is 24.1 Å². The molecule has 0 bridgehead atoms. The molecule has 0 atom stereocenters. The van der Waals surface area contributed by atoms with E-state index < -0.39 is 0 Å². The minimum atomic E-state index is 0.708. The van der Waals surface area contributed by atoms with Gasteiger partial charge in [0.25, 0.3) is 0 Å². The van der Waals surface area contributed by atoms with E-state index in [0.29, 0.717) is 6.61 Å². The second-order valence-corrected chi connectivity index (χ2v) is 4.34. The number of ether oxygens (including phenoxy) is 1. The van der Waals surface area contributed by atoms with Crippen LogP contribution in [0, 0.1) is 0 Å². The minimum Gasteiger partial charge on any atom is -0.383 e. The van der Waals surface area contributed by atoms with E-state index in [1.807, 2.05) is 12.4 Å². The van der Waals surface area contributed by atoms with Gasteiger partial charge in [-0.1, -0.05) is 0 Å². The Bertz CT molecular complexity index is 429. The van der Waals surface area contributed by atoms with Gasteiger partial charge in [-0.3, -0.25) is 4.98 Å². The van der Waals surface area contributed by atoms with Gasteiger partial charge >= 0.3 is 0 Å². The molecule has 6 heteroatoms. The predicted octanol–water partition coefficient (Wildman–Crippen LogP) is 1.34. The lowest BCUT2D eigenvalue weighted by Gasteiger charge is -2.03. The maximum absolute atomic E-state index is 4.95. The molecule has 0 aromatic carbocycles. The summed E-state index contributed by atoms with van der Waals surface area (Å²) in [7, 11) is 1.69.